The highest BCUT2D eigenvalue weighted by Crippen LogP contribution is 2.29. The summed E-state index contributed by atoms with van der Waals surface area (Å²) in [6.07, 6.45) is 3.45. The third-order valence-electron chi connectivity index (χ3n) is 4.67. The number of furan rings is 1. The fraction of sp³-hybridized carbons (Fsp3) is 0.174. The van der Waals surface area contributed by atoms with Crippen molar-refractivity contribution in [2.45, 2.75) is 26.2 Å². The molecule has 130 valence electrons. The first-order valence-electron chi connectivity index (χ1n) is 9.06. The summed E-state index contributed by atoms with van der Waals surface area (Å²) in [6.45, 7) is 2.19. The zero-order valence-corrected chi connectivity index (χ0v) is 14.8. The van der Waals surface area contributed by atoms with Crippen LogP contribution in [0, 0.1) is 0 Å². The summed E-state index contributed by atoms with van der Waals surface area (Å²) >= 11 is 0. The van der Waals surface area contributed by atoms with Crippen LogP contribution in [0.1, 0.15) is 35.7 Å². The van der Waals surface area contributed by atoms with Gasteiger partial charge < -0.3 is 9.73 Å². The minimum absolute atomic E-state index is 0.113. The van der Waals surface area contributed by atoms with Gasteiger partial charge in [-0.3, -0.25) is 4.79 Å². The predicted octanol–water partition coefficient (Wildman–Crippen LogP) is 6.18. The summed E-state index contributed by atoms with van der Waals surface area (Å²) in [7, 11) is 0. The maximum absolute atomic E-state index is 12.6. The number of hydrogen-bond acceptors (Lipinski definition) is 2. The molecule has 4 rings (SSSR count). The molecule has 4 aromatic rings. The van der Waals surface area contributed by atoms with Crippen molar-refractivity contribution in [3.8, 4) is 0 Å². The lowest BCUT2D eigenvalue weighted by molar-refractivity contribution is 0.102. The summed E-state index contributed by atoms with van der Waals surface area (Å²) in [5.74, 6) is -0.113. The van der Waals surface area contributed by atoms with Crippen LogP contribution in [0.25, 0.3) is 21.9 Å². The smallest absolute Gasteiger partial charge is 0.255 e. The molecule has 0 saturated carbocycles. The monoisotopic (exact) mass is 343 g/mol. The number of amides is 1. The minimum Gasteiger partial charge on any atom is -0.456 e. The Morgan fingerprint density at radius 2 is 1.69 bits per heavy atom. The molecular weight excluding hydrogens is 322 g/mol. The Labute approximate surface area is 152 Å². The van der Waals surface area contributed by atoms with E-state index in [4.69, 9.17) is 4.42 Å². The minimum atomic E-state index is -0.113. The molecule has 0 aliphatic heterocycles. The first-order chi connectivity index (χ1) is 12.7. The number of hydrogen-bond donors (Lipinski definition) is 1. The molecule has 0 aliphatic rings. The van der Waals surface area contributed by atoms with Gasteiger partial charge in [-0.15, -0.1) is 0 Å². The number of aryl methyl sites for hydroxylation is 1. The van der Waals surface area contributed by atoms with Crippen LogP contribution < -0.4 is 5.32 Å². The van der Waals surface area contributed by atoms with E-state index in [0.29, 0.717) is 5.56 Å². The zero-order valence-electron chi connectivity index (χ0n) is 14.8. The van der Waals surface area contributed by atoms with Crippen molar-refractivity contribution in [1.29, 1.82) is 0 Å². The van der Waals surface area contributed by atoms with E-state index in [2.05, 4.69) is 24.4 Å². The number of unbranched alkanes of at least 4 members (excludes halogenated alkanes) is 1. The second kappa shape index (κ2) is 7.04. The van der Waals surface area contributed by atoms with Crippen LogP contribution in [0.2, 0.25) is 0 Å². The molecule has 0 fully saturated rings. The van der Waals surface area contributed by atoms with E-state index < -0.39 is 0 Å². The van der Waals surface area contributed by atoms with Crippen LogP contribution >= 0.6 is 0 Å². The third kappa shape index (κ3) is 3.21. The van der Waals surface area contributed by atoms with E-state index in [-0.39, 0.29) is 5.91 Å². The van der Waals surface area contributed by atoms with E-state index in [1.165, 1.54) is 18.4 Å². The fourth-order valence-electron chi connectivity index (χ4n) is 3.21. The van der Waals surface area contributed by atoms with Gasteiger partial charge in [-0.05, 0) is 54.8 Å². The van der Waals surface area contributed by atoms with E-state index in [1.807, 2.05) is 48.5 Å². The number of rotatable bonds is 5. The molecule has 3 heteroatoms. The van der Waals surface area contributed by atoms with E-state index in [1.54, 1.807) is 6.07 Å². The molecule has 1 N–H and O–H groups in total. The lowest BCUT2D eigenvalue weighted by Crippen LogP contribution is -2.11. The van der Waals surface area contributed by atoms with Crippen molar-refractivity contribution in [1.82, 2.24) is 0 Å². The molecule has 0 aliphatic carbocycles. The molecule has 0 bridgehead atoms. The lowest BCUT2D eigenvalue weighted by Gasteiger charge is -2.07. The number of carbonyl (C=O) groups excluding carboxylic acids is 1. The third-order valence-corrected chi connectivity index (χ3v) is 4.67. The second-order valence-electron chi connectivity index (χ2n) is 6.56. The average Bonchev–Trinajstić information content (AvgIpc) is 3.05. The van der Waals surface area contributed by atoms with Crippen molar-refractivity contribution in [3.63, 3.8) is 0 Å². The normalized spacial score (nSPS) is 11.1. The Morgan fingerprint density at radius 1 is 0.923 bits per heavy atom. The molecule has 0 saturated heterocycles. The Balaban J connectivity index is 1.57. The van der Waals surface area contributed by atoms with Crippen LogP contribution in [0.3, 0.4) is 0 Å². The summed E-state index contributed by atoms with van der Waals surface area (Å²) in [5, 5.41) is 4.96. The van der Waals surface area contributed by atoms with E-state index in [0.717, 1.165) is 34.0 Å². The van der Waals surface area contributed by atoms with Gasteiger partial charge in [-0.25, -0.2) is 0 Å². The first-order valence-corrected chi connectivity index (χ1v) is 9.06. The summed E-state index contributed by atoms with van der Waals surface area (Å²) in [6, 6.07) is 21.5. The van der Waals surface area contributed by atoms with E-state index in [9.17, 15) is 4.79 Å². The molecule has 0 atom stereocenters. The van der Waals surface area contributed by atoms with Gasteiger partial charge in [0, 0.05) is 22.0 Å². The maximum atomic E-state index is 12.6. The van der Waals surface area contributed by atoms with Gasteiger partial charge in [0.15, 0.2) is 0 Å². The average molecular weight is 343 g/mol. The quantitative estimate of drug-likeness (QED) is 0.470. The van der Waals surface area contributed by atoms with Crippen LogP contribution in [0.5, 0.6) is 0 Å². The molecule has 0 unspecified atom stereocenters. The predicted molar refractivity (Wildman–Crippen MR) is 107 cm³/mol. The van der Waals surface area contributed by atoms with Crippen molar-refractivity contribution >= 4 is 33.5 Å². The van der Waals surface area contributed by atoms with Gasteiger partial charge in [0.1, 0.15) is 11.2 Å². The second-order valence-corrected chi connectivity index (χ2v) is 6.56. The van der Waals surface area contributed by atoms with Gasteiger partial charge in [-0.2, -0.15) is 0 Å². The fourth-order valence-corrected chi connectivity index (χ4v) is 3.21. The summed E-state index contributed by atoms with van der Waals surface area (Å²) < 4.78 is 5.82. The number of anilines is 1. The van der Waals surface area contributed by atoms with Gasteiger partial charge in [0.2, 0.25) is 0 Å². The molecule has 1 heterocycles. The van der Waals surface area contributed by atoms with Crippen LogP contribution in [0.15, 0.2) is 71.1 Å². The lowest BCUT2D eigenvalue weighted by atomic mass is 10.1. The van der Waals surface area contributed by atoms with Gasteiger partial charge in [0.05, 0.1) is 0 Å². The number of nitrogens with one attached hydrogen (secondary N) is 1. The maximum Gasteiger partial charge on any atom is 0.255 e. The van der Waals surface area contributed by atoms with Crippen molar-refractivity contribution in [2.24, 2.45) is 0 Å². The highest BCUT2D eigenvalue weighted by Gasteiger charge is 2.11. The summed E-state index contributed by atoms with van der Waals surface area (Å²) in [4.78, 5) is 12.6. The van der Waals surface area contributed by atoms with Crippen LogP contribution in [-0.2, 0) is 6.42 Å². The Bertz CT molecular complexity index is 1060. The Kier molecular flexibility index (Phi) is 4.44. The highest BCUT2D eigenvalue weighted by molar-refractivity contribution is 6.10. The molecule has 1 amide bonds. The number of benzene rings is 3. The number of para-hydroxylation sites is 1. The van der Waals surface area contributed by atoms with Gasteiger partial charge in [0.25, 0.3) is 5.91 Å². The molecule has 3 nitrogen and oxygen atoms in total. The first kappa shape index (κ1) is 16.4. The van der Waals surface area contributed by atoms with Gasteiger partial charge >= 0.3 is 0 Å². The SMILES string of the molecule is CCCCc1ccc(NC(=O)c2ccc3oc4ccccc4c3c2)cc1. The van der Waals surface area contributed by atoms with Crippen molar-refractivity contribution in [2.75, 3.05) is 5.32 Å². The summed E-state index contributed by atoms with van der Waals surface area (Å²) in [5.41, 5.74) is 4.37. The largest absolute Gasteiger partial charge is 0.456 e. The Hall–Kier alpha value is -3.07. The van der Waals surface area contributed by atoms with Crippen molar-refractivity contribution in [3.05, 3.63) is 77.9 Å². The van der Waals surface area contributed by atoms with Crippen molar-refractivity contribution < 1.29 is 9.21 Å². The molecular formula is C23H21NO2. The van der Waals surface area contributed by atoms with Gasteiger partial charge in [-0.1, -0.05) is 43.7 Å². The molecule has 0 spiro atoms. The molecule has 3 aromatic carbocycles. The standard InChI is InChI=1S/C23H21NO2/c1-2-3-6-16-9-12-18(13-10-16)24-23(25)17-11-14-22-20(15-17)19-7-4-5-8-21(19)26-22/h4-5,7-15H,2-3,6H2,1H3,(H,24,25). The highest BCUT2D eigenvalue weighted by atomic mass is 16.3. The number of carbonyl (C=O) groups is 1. The molecule has 26 heavy (non-hydrogen) atoms. The van der Waals surface area contributed by atoms with Crippen LogP contribution in [-0.4, -0.2) is 5.91 Å². The molecule has 1 aromatic heterocycles. The topological polar surface area (TPSA) is 42.2 Å². The number of fused-ring (bicyclic) bond motifs is 3. The van der Waals surface area contributed by atoms with E-state index >= 15 is 0 Å². The Morgan fingerprint density at radius 3 is 2.50 bits per heavy atom. The molecule has 0 radical (unpaired) electrons. The zero-order chi connectivity index (χ0) is 17.9. The van der Waals surface area contributed by atoms with Crippen LogP contribution in [0.4, 0.5) is 5.69 Å².